The monoisotopic (exact) mass is 355 g/mol. The van der Waals surface area contributed by atoms with Crippen LogP contribution in [-0.4, -0.2) is 56.0 Å². The Hall–Kier alpha value is -1.97. The van der Waals surface area contributed by atoms with Crippen molar-refractivity contribution in [1.29, 1.82) is 0 Å². The molecule has 3 N–H and O–H groups in total. The fraction of sp³-hybridized carbons (Fsp3) is 0.467. The Bertz CT molecular complexity index is 777. The molecule has 0 saturated carbocycles. The maximum Gasteiger partial charge on any atom is 0.320 e. The van der Waals surface area contributed by atoms with Crippen molar-refractivity contribution in [3.63, 3.8) is 0 Å². The number of anilines is 1. The predicted octanol–water partition coefficient (Wildman–Crippen LogP) is 0.0165. The van der Waals surface area contributed by atoms with E-state index in [9.17, 15) is 18.0 Å². The van der Waals surface area contributed by atoms with Crippen LogP contribution in [0, 0.1) is 0 Å². The van der Waals surface area contributed by atoms with E-state index in [-0.39, 0.29) is 23.4 Å². The maximum absolute atomic E-state index is 12.6. The quantitative estimate of drug-likeness (QED) is 0.768. The van der Waals surface area contributed by atoms with Crippen molar-refractivity contribution in [3.05, 3.63) is 23.8 Å². The van der Waals surface area contributed by atoms with E-state index in [1.165, 1.54) is 24.0 Å². The molecule has 0 aliphatic carbocycles. The molecular formula is C15H21N3O5S. The summed E-state index contributed by atoms with van der Waals surface area (Å²) in [5.41, 5.74) is 1.37. The van der Waals surface area contributed by atoms with Crippen molar-refractivity contribution in [3.8, 4) is 0 Å². The number of carbonyl (C=O) groups is 2. The molecule has 0 saturated heterocycles. The molecule has 8 nitrogen and oxygen atoms in total. The lowest BCUT2D eigenvalue weighted by atomic mass is 10.1. The molecule has 1 amide bonds. The topological polar surface area (TPSA) is 121 Å². The fourth-order valence-corrected chi connectivity index (χ4v) is 3.34. The van der Waals surface area contributed by atoms with Gasteiger partial charge in [0.2, 0.25) is 15.9 Å². The second-order valence-corrected chi connectivity index (χ2v) is 7.64. The highest BCUT2D eigenvalue weighted by atomic mass is 32.2. The summed E-state index contributed by atoms with van der Waals surface area (Å²) in [5.74, 6) is -1.24. The van der Waals surface area contributed by atoms with E-state index in [0.717, 1.165) is 5.56 Å². The van der Waals surface area contributed by atoms with Crippen LogP contribution in [0.1, 0.15) is 19.4 Å². The first kappa shape index (κ1) is 18.4. The van der Waals surface area contributed by atoms with Crippen LogP contribution in [0.4, 0.5) is 5.69 Å². The van der Waals surface area contributed by atoms with E-state index in [1.807, 2.05) is 6.92 Å². The van der Waals surface area contributed by atoms with Gasteiger partial charge in [0.1, 0.15) is 6.04 Å². The van der Waals surface area contributed by atoms with Crippen LogP contribution < -0.4 is 10.0 Å². The Labute approximate surface area is 140 Å². The summed E-state index contributed by atoms with van der Waals surface area (Å²) < 4.78 is 22.9. The molecule has 0 radical (unpaired) electrons. The second kappa shape index (κ2) is 6.50. The number of benzene rings is 1. The van der Waals surface area contributed by atoms with Crippen molar-refractivity contribution in [1.82, 2.24) is 4.90 Å². The van der Waals surface area contributed by atoms with E-state index < -0.39 is 22.0 Å². The van der Waals surface area contributed by atoms with Gasteiger partial charge in [-0.05, 0) is 51.1 Å². The summed E-state index contributed by atoms with van der Waals surface area (Å²) in [4.78, 5) is 26.6. The lowest BCUT2D eigenvalue weighted by Gasteiger charge is -2.27. The molecule has 1 aromatic rings. The minimum atomic E-state index is -3.80. The Kier molecular flexibility index (Phi) is 4.97. The van der Waals surface area contributed by atoms with Gasteiger partial charge < -0.3 is 10.0 Å². The summed E-state index contributed by atoms with van der Waals surface area (Å²) in [6, 6.07) is 3.50. The Morgan fingerprint density at radius 2 is 2.08 bits per heavy atom. The standard InChI is InChI=1S/C15H21N3O5S/c1-9-6-11-7-12(24(16,22)23)4-5-13(11)18(9)14(19)8-17(3)10(2)15(20)21/h4-5,7,9-10H,6,8H2,1-3H3,(H,20,21)(H2,16,22,23). The van der Waals surface area contributed by atoms with Crippen LogP contribution in [0.2, 0.25) is 0 Å². The number of rotatable bonds is 5. The van der Waals surface area contributed by atoms with Crippen molar-refractivity contribution in [2.75, 3.05) is 18.5 Å². The van der Waals surface area contributed by atoms with Gasteiger partial charge in [-0.1, -0.05) is 0 Å². The number of carboxylic acid groups (broad SMARTS) is 1. The van der Waals surface area contributed by atoms with Crippen LogP contribution in [0.5, 0.6) is 0 Å². The molecule has 2 atom stereocenters. The largest absolute Gasteiger partial charge is 0.480 e. The third-order valence-electron chi connectivity index (χ3n) is 4.27. The van der Waals surface area contributed by atoms with E-state index in [4.69, 9.17) is 10.2 Å². The van der Waals surface area contributed by atoms with E-state index in [2.05, 4.69) is 0 Å². The fourth-order valence-electron chi connectivity index (χ4n) is 2.78. The van der Waals surface area contributed by atoms with Crippen LogP contribution in [0.3, 0.4) is 0 Å². The van der Waals surface area contributed by atoms with E-state index in [0.29, 0.717) is 12.1 Å². The first-order valence-electron chi connectivity index (χ1n) is 7.43. The highest BCUT2D eigenvalue weighted by Gasteiger charge is 2.33. The van der Waals surface area contributed by atoms with Crippen molar-refractivity contribution < 1.29 is 23.1 Å². The molecule has 1 aromatic carbocycles. The van der Waals surface area contributed by atoms with Crippen LogP contribution in [-0.2, 0) is 26.0 Å². The molecule has 1 heterocycles. The SMILES string of the molecule is CC(C(=O)O)N(C)CC(=O)N1c2ccc(S(N)(=O)=O)cc2CC1C. The molecule has 1 aliphatic heterocycles. The minimum Gasteiger partial charge on any atom is -0.480 e. The molecule has 1 aliphatic rings. The first-order chi connectivity index (χ1) is 11.0. The summed E-state index contributed by atoms with van der Waals surface area (Å²) >= 11 is 0. The number of amides is 1. The van der Waals surface area contributed by atoms with Gasteiger partial charge in [-0.2, -0.15) is 0 Å². The summed E-state index contributed by atoms with van der Waals surface area (Å²) in [7, 11) is -2.22. The second-order valence-electron chi connectivity index (χ2n) is 6.08. The number of sulfonamides is 1. The molecule has 2 rings (SSSR count). The smallest absolute Gasteiger partial charge is 0.320 e. The lowest BCUT2D eigenvalue weighted by Crippen LogP contribution is -2.46. The van der Waals surface area contributed by atoms with Gasteiger partial charge in [-0.3, -0.25) is 14.5 Å². The summed E-state index contributed by atoms with van der Waals surface area (Å²) in [6.45, 7) is 3.32. The van der Waals surface area contributed by atoms with Gasteiger partial charge in [-0.15, -0.1) is 0 Å². The van der Waals surface area contributed by atoms with Gasteiger partial charge in [0.25, 0.3) is 0 Å². The third-order valence-corrected chi connectivity index (χ3v) is 5.18. The number of nitrogens with two attached hydrogens (primary N) is 1. The molecule has 2 unspecified atom stereocenters. The van der Waals surface area contributed by atoms with Crippen molar-refractivity contribution >= 4 is 27.6 Å². The Morgan fingerprint density at radius 3 is 2.62 bits per heavy atom. The average Bonchev–Trinajstić information content (AvgIpc) is 2.79. The van der Waals surface area contributed by atoms with Crippen molar-refractivity contribution in [2.45, 2.75) is 37.2 Å². The Morgan fingerprint density at radius 1 is 1.46 bits per heavy atom. The zero-order chi connectivity index (χ0) is 18.2. The van der Waals surface area contributed by atoms with Crippen LogP contribution in [0.25, 0.3) is 0 Å². The molecule has 132 valence electrons. The third kappa shape index (κ3) is 3.58. The van der Waals surface area contributed by atoms with Gasteiger partial charge >= 0.3 is 5.97 Å². The lowest BCUT2D eigenvalue weighted by molar-refractivity contribution is -0.142. The molecule has 24 heavy (non-hydrogen) atoms. The van der Waals surface area contributed by atoms with Gasteiger partial charge in [0, 0.05) is 11.7 Å². The number of hydrogen-bond donors (Lipinski definition) is 2. The van der Waals surface area contributed by atoms with Crippen molar-refractivity contribution in [2.24, 2.45) is 5.14 Å². The summed E-state index contributed by atoms with van der Waals surface area (Å²) in [5, 5.41) is 14.1. The highest BCUT2D eigenvalue weighted by Crippen LogP contribution is 2.33. The molecule has 0 aromatic heterocycles. The predicted molar refractivity (Wildman–Crippen MR) is 88.2 cm³/mol. The van der Waals surface area contributed by atoms with Crippen LogP contribution >= 0.6 is 0 Å². The molecule has 0 spiro atoms. The molecular weight excluding hydrogens is 334 g/mol. The molecule has 0 bridgehead atoms. The van der Waals surface area contributed by atoms with E-state index >= 15 is 0 Å². The number of carboxylic acids is 1. The van der Waals surface area contributed by atoms with Gasteiger partial charge in [0.15, 0.2) is 0 Å². The number of aliphatic carboxylic acids is 1. The zero-order valence-electron chi connectivity index (χ0n) is 13.8. The number of carbonyl (C=O) groups excluding carboxylic acids is 1. The average molecular weight is 355 g/mol. The number of hydrogen-bond acceptors (Lipinski definition) is 5. The van der Waals surface area contributed by atoms with Gasteiger partial charge in [-0.25, -0.2) is 13.6 Å². The zero-order valence-corrected chi connectivity index (χ0v) is 14.6. The highest BCUT2D eigenvalue weighted by molar-refractivity contribution is 7.89. The molecule has 0 fully saturated rings. The Balaban J connectivity index is 2.25. The van der Waals surface area contributed by atoms with E-state index in [1.54, 1.807) is 18.0 Å². The first-order valence-corrected chi connectivity index (χ1v) is 8.98. The summed E-state index contributed by atoms with van der Waals surface area (Å²) in [6.07, 6.45) is 0.516. The number of likely N-dealkylation sites (N-methyl/N-ethyl adjacent to an activating group) is 1. The number of fused-ring (bicyclic) bond motifs is 1. The normalized spacial score (nSPS) is 18.5. The number of primary sulfonamides is 1. The number of nitrogens with zero attached hydrogens (tertiary/aromatic N) is 2. The molecule has 9 heteroatoms. The van der Waals surface area contributed by atoms with Crippen LogP contribution in [0.15, 0.2) is 23.1 Å². The van der Waals surface area contributed by atoms with Gasteiger partial charge in [0.05, 0.1) is 11.4 Å². The minimum absolute atomic E-state index is 0.0133. The maximum atomic E-state index is 12.6.